The first-order chi connectivity index (χ1) is 7.87. The summed E-state index contributed by atoms with van der Waals surface area (Å²) in [4.78, 5) is 13.4. The zero-order valence-electron chi connectivity index (χ0n) is 11.0. The minimum atomic E-state index is -0.701. The molecule has 0 aromatic heterocycles. The number of hydrogen-bond donors (Lipinski definition) is 1. The summed E-state index contributed by atoms with van der Waals surface area (Å²) in [5, 5.41) is 9.08. The van der Waals surface area contributed by atoms with E-state index in [9.17, 15) is 4.79 Å². The molecule has 2 saturated heterocycles. The number of likely N-dealkylation sites (tertiary alicyclic amines) is 1. The van der Waals surface area contributed by atoms with E-state index in [0.717, 1.165) is 26.3 Å². The molecule has 0 aromatic carbocycles. The summed E-state index contributed by atoms with van der Waals surface area (Å²) < 4.78 is 5.44. The molecule has 0 radical (unpaired) electrons. The number of ether oxygens (including phenoxy) is 1. The Morgan fingerprint density at radius 3 is 2.53 bits per heavy atom. The molecule has 2 heterocycles. The van der Waals surface area contributed by atoms with Crippen LogP contribution in [0.4, 0.5) is 0 Å². The minimum absolute atomic E-state index is 0.0656. The normalized spacial score (nSPS) is 29.0. The van der Waals surface area contributed by atoms with E-state index in [0.29, 0.717) is 5.92 Å². The van der Waals surface area contributed by atoms with Crippen molar-refractivity contribution in [3.8, 4) is 0 Å². The lowest BCUT2D eigenvalue weighted by atomic mass is 9.56. The standard InChI is InChI=1S/C13H23NO3/c1-12(2,6-11(15)16)13(8-17-9-13)10-4-5-14(3)7-10/h10H,4-9H2,1-3H3,(H,15,16). The summed E-state index contributed by atoms with van der Waals surface area (Å²) in [5.41, 5.74) is -0.122. The van der Waals surface area contributed by atoms with Crippen molar-refractivity contribution < 1.29 is 14.6 Å². The van der Waals surface area contributed by atoms with Gasteiger partial charge in [0.25, 0.3) is 0 Å². The van der Waals surface area contributed by atoms with Gasteiger partial charge in [0, 0.05) is 12.0 Å². The average Bonchev–Trinajstić information content (AvgIpc) is 2.46. The fourth-order valence-electron chi connectivity index (χ4n) is 3.44. The van der Waals surface area contributed by atoms with Crippen LogP contribution >= 0.6 is 0 Å². The maximum Gasteiger partial charge on any atom is 0.303 e. The maximum absolute atomic E-state index is 11.0. The van der Waals surface area contributed by atoms with E-state index in [1.807, 2.05) is 0 Å². The highest BCUT2D eigenvalue weighted by atomic mass is 16.5. The van der Waals surface area contributed by atoms with E-state index in [2.05, 4.69) is 25.8 Å². The topological polar surface area (TPSA) is 49.8 Å². The second-order valence-electron chi connectivity index (χ2n) is 6.35. The van der Waals surface area contributed by atoms with E-state index < -0.39 is 5.97 Å². The monoisotopic (exact) mass is 241 g/mol. The fraction of sp³-hybridized carbons (Fsp3) is 0.923. The van der Waals surface area contributed by atoms with Crippen LogP contribution in [0.15, 0.2) is 0 Å². The smallest absolute Gasteiger partial charge is 0.303 e. The van der Waals surface area contributed by atoms with Gasteiger partial charge in [-0.3, -0.25) is 4.79 Å². The number of hydrogen-bond acceptors (Lipinski definition) is 3. The molecule has 4 heteroatoms. The average molecular weight is 241 g/mol. The highest BCUT2D eigenvalue weighted by molar-refractivity contribution is 5.67. The molecular formula is C13H23NO3. The molecule has 2 aliphatic heterocycles. The molecule has 0 saturated carbocycles. The quantitative estimate of drug-likeness (QED) is 0.809. The maximum atomic E-state index is 11.0. The number of aliphatic carboxylic acids is 1. The molecule has 2 rings (SSSR count). The Labute approximate surface area is 103 Å². The minimum Gasteiger partial charge on any atom is -0.481 e. The summed E-state index contributed by atoms with van der Waals surface area (Å²) in [6.07, 6.45) is 1.40. The third-order valence-electron chi connectivity index (χ3n) is 4.83. The molecular weight excluding hydrogens is 218 g/mol. The molecule has 0 aromatic rings. The van der Waals surface area contributed by atoms with Crippen molar-refractivity contribution in [2.45, 2.75) is 26.7 Å². The van der Waals surface area contributed by atoms with Gasteiger partial charge in [0.15, 0.2) is 0 Å². The molecule has 1 unspecified atom stereocenters. The van der Waals surface area contributed by atoms with E-state index >= 15 is 0 Å². The zero-order valence-corrected chi connectivity index (χ0v) is 11.0. The molecule has 2 aliphatic rings. The van der Waals surface area contributed by atoms with E-state index in [1.54, 1.807) is 0 Å². The first-order valence-electron chi connectivity index (χ1n) is 6.35. The second kappa shape index (κ2) is 4.25. The molecule has 0 amide bonds. The van der Waals surface area contributed by atoms with Crippen LogP contribution in [0.25, 0.3) is 0 Å². The Bertz CT molecular complexity index is 310. The molecule has 0 aliphatic carbocycles. The fourth-order valence-corrected chi connectivity index (χ4v) is 3.44. The van der Waals surface area contributed by atoms with Gasteiger partial charge in [0.05, 0.1) is 19.6 Å². The Morgan fingerprint density at radius 1 is 1.53 bits per heavy atom. The number of nitrogens with zero attached hydrogens (tertiary/aromatic N) is 1. The highest BCUT2D eigenvalue weighted by Gasteiger charge is 2.56. The molecule has 0 bridgehead atoms. The summed E-state index contributed by atoms with van der Waals surface area (Å²) in [5.74, 6) is -0.122. The molecule has 98 valence electrons. The summed E-state index contributed by atoms with van der Waals surface area (Å²) in [6, 6.07) is 0. The van der Waals surface area contributed by atoms with Crippen molar-refractivity contribution in [1.29, 1.82) is 0 Å². The van der Waals surface area contributed by atoms with Crippen molar-refractivity contribution in [2.75, 3.05) is 33.4 Å². The van der Waals surface area contributed by atoms with Crippen LogP contribution in [0.5, 0.6) is 0 Å². The number of rotatable bonds is 4. The Kier molecular flexibility index (Phi) is 3.21. The van der Waals surface area contributed by atoms with Gasteiger partial charge in [-0.2, -0.15) is 0 Å². The lowest BCUT2D eigenvalue weighted by Gasteiger charge is -2.55. The Hall–Kier alpha value is -0.610. The van der Waals surface area contributed by atoms with Gasteiger partial charge in [-0.05, 0) is 31.3 Å². The molecule has 17 heavy (non-hydrogen) atoms. The SMILES string of the molecule is CN1CCC(C2(C(C)(C)CC(=O)O)COC2)C1. The Morgan fingerprint density at radius 2 is 2.18 bits per heavy atom. The molecule has 1 atom stereocenters. The van der Waals surface area contributed by atoms with Crippen molar-refractivity contribution in [3.05, 3.63) is 0 Å². The highest BCUT2D eigenvalue weighted by Crippen LogP contribution is 2.54. The van der Waals surface area contributed by atoms with Crippen LogP contribution in [0.1, 0.15) is 26.7 Å². The van der Waals surface area contributed by atoms with Gasteiger partial charge in [-0.1, -0.05) is 13.8 Å². The van der Waals surface area contributed by atoms with E-state index in [1.165, 1.54) is 6.42 Å². The van der Waals surface area contributed by atoms with Gasteiger partial charge in [-0.15, -0.1) is 0 Å². The number of carboxylic acids is 1. The van der Waals surface area contributed by atoms with Crippen LogP contribution < -0.4 is 0 Å². The molecule has 4 nitrogen and oxygen atoms in total. The lowest BCUT2D eigenvalue weighted by Crippen LogP contribution is -2.58. The van der Waals surface area contributed by atoms with Gasteiger partial charge < -0.3 is 14.7 Å². The van der Waals surface area contributed by atoms with E-state index in [4.69, 9.17) is 9.84 Å². The Balaban J connectivity index is 2.16. The number of carbonyl (C=O) groups is 1. The van der Waals surface area contributed by atoms with Crippen LogP contribution in [-0.2, 0) is 9.53 Å². The third-order valence-corrected chi connectivity index (χ3v) is 4.83. The van der Waals surface area contributed by atoms with Crippen LogP contribution in [0.3, 0.4) is 0 Å². The summed E-state index contributed by atoms with van der Waals surface area (Å²) in [6.45, 7) is 7.82. The second-order valence-corrected chi connectivity index (χ2v) is 6.35. The van der Waals surface area contributed by atoms with Crippen LogP contribution in [0, 0.1) is 16.7 Å². The molecule has 1 N–H and O–H groups in total. The van der Waals surface area contributed by atoms with Crippen molar-refractivity contribution in [3.63, 3.8) is 0 Å². The zero-order chi connectivity index (χ0) is 12.7. The first kappa shape index (κ1) is 12.8. The number of carboxylic acid groups (broad SMARTS) is 1. The predicted molar refractivity (Wildman–Crippen MR) is 64.9 cm³/mol. The third kappa shape index (κ3) is 2.08. The first-order valence-corrected chi connectivity index (χ1v) is 6.35. The van der Waals surface area contributed by atoms with Gasteiger partial charge in [-0.25, -0.2) is 0 Å². The predicted octanol–water partition coefficient (Wildman–Crippen LogP) is 1.46. The van der Waals surface area contributed by atoms with Crippen LogP contribution in [-0.4, -0.2) is 49.3 Å². The summed E-state index contributed by atoms with van der Waals surface area (Å²) >= 11 is 0. The molecule has 2 fully saturated rings. The van der Waals surface area contributed by atoms with Crippen molar-refractivity contribution >= 4 is 5.97 Å². The van der Waals surface area contributed by atoms with Gasteiger partial charge >= 0.3 is 5.97 Å². The van der Waals surface area contributed by atoms with Gasteiger partial charge in [0.1, 0.15) is 0 Å². The summed E-state index contributed by atoms with van der Waals surface area (Å²) in [7, 11) is 2.14. The largest absolute Gasteiger partial charge is 0.481 e. The van der Waals surface area contributed by atoms with Crippen LogP contribution in [0.2, 0.25) is 0 Å². The molecule has 0 spiro atoms. The lowest BCUT2D eigenvalue weighted by molar-refractivity contribution is -0.208. The van der Waals surface area contributed by atoms with E-state index in [-0.39, 0.29) is 17.3 Å². The van der Waals surface area contributed by atoms with Crippen molar-refractivity contribution in [1.82, 2.24) is 4.90 Å². The van der Waals surface area contributed by atoms with Gasteiger partial charge in [0.2, 0.25) is 0 Å². The van der Waals surface area contributed by atoms with Crippen molar-refractivity contribution in [2.24, 2.45) is 16.7 Å².